The molecule has 1 aliphatic carbocycles. The summed E-state index contributed by atoms with van der Waals surface area (Å²) in [5, 5.41) is 13.2. The molecule has 0 aliphatic heterocycles. The number of fused-ring (bicyclic) bond motifs is 2. The van der Waals surface area contributed by atoms with E-state index in [-0.39, 0.29) is 0 Å². The molecule has 1 N–H and O–H groups in total. The predicted octanol–water partition coefficient (Wildman–Crippen LogP) is 3.03. The molecule has 132 valence electrons. The fraction of sp³-hybridized carbons (Fsp3) is 0.389. The summed E-state index contributed by atoms with van der Waals surface area (Å²) in [5.74, 6) is 1.43. The number of hydrogen-bond donors (Lipinski definition) is 1. The zero-order valence-corrected chi connectivity index (χ0v) is 14.8. The highest BCUT2D eigenvalue weighted by Gasteiger charge is 2.21. The summed E-state index contributed by atoms with van der Waals surface area (Å²) in [5.41, 5.74) is 4.65. The maximum Gasteiger partial charge on any atom is 0.229 e. The molecule has 0 unspecified atom stereocenters. The first-order valence-corrected chi connectivity index (χ1v) is 8.94. The molecule has 0 atom stereocenters. The molecule has 1 fully saturated rings. The minimum atomic E-state index is 0.563. The lowest BCUT2D eigenvalue weighted by atomic mass is 10.2. The quantitative estimate of drug-likeness (QED) is 0.597. The minimum Gasteiger partial charge on any atom is -0.323 e. The topological polar surface area (TPSA) is 85.8 Å². The van der Waals surface area contributed by atoms with Crippen LogP contribution in [0.5, 0.6) is 0 Å². The van der Waals surface area contributed by atoms with E-state index in [4.69, 9.17) is 4.98 Å². The first-order valence-electron chi connectivity index (χ1n) is 8.94. The highest BCUT2D eigenvalue weighted by atomic mass is 15.3. The maximum absolute atomic E-state index is 4.73. The third-order valence-corrected chi connectivity index (χ3v) is 4.99. The summed E-state index contributed by atoms with van der Waals surface area (Å²) in [6.07, 6.45) is 9.17. The monoisotopic (exact) mass is 348 g/mol. The van der Waals surface area contributed by atoms with Gasteiger partial charge in [0.05, 0.1) is 23.0 Å². The second kappa shape index (κ2) is 5.76. The van der Waals surface area contributed by atoms with Gasteiger partial charge in [-0.2, -0.15) is 15.2 Å². The molecule has 4 heterocycles. The van der Waals surface area contributed by atoms with Gasteiger partial charge in [-0.05, 0) is 37.8 Å². The van der Waals surface area contributed by atoms with Crippen LogP contribution in [0.3, 0.4) is 0 Å². The Bertz CT molecular complexity index is 1110. The van der Waals surface area contributed by atoms with Crippen molar-refractivity contribution in [2.24, 2.45) is 5.92 Å². The highest BCUT2D eigenvalue weighted by molar-refractivity contribution is 5.78. The molecule has 8 nitrogen and oxygen atoms in total. The lowest BCUT2D eigenvalue weighted by Crippen LogP contribution is -2.05. The van der Waals surface area contributed by atoms with Crippen molar-refractivity contribution >= 4 is 28.3 Å². The van der Waals surface area contributed by atoms with Gasteiger partial charge in [-0.1, -0.05) is 12.8 Å². The molecule has 5 rings (SSSR count). The van der Waals surface area contributed by atoms with Crippen LogP contribution in [0.1, 0.15) is 30.5 Å². The number of rotatable bonds is 5. The first kappa shape index (κ1) is 15.2. The van der Waals surface area contributed by atoms with Gasteiger partial charge in [0, 0.05) is 12.7 Å². The fourth-order valence-corrected chi connectivity index (χ4v) is 3.24. The van der Waals surface area contributed by atoms with Crippen LogP contribution in [-0.4, -0.2) is 34.3 Å². The summed E-state index contributed by atoms with van der Waals surface area (Å²) in [4.78, 5) is 13.4. The fourth-order valence-electron chi connectivity index (χ4n) is 3.24. The second-order valence-electron chi connectivity index (χ2n) is 7.03. The van der Waals surface area contributed by atoms with Gasteiger partial charge >= 0.3 is 0 Å². The standard InChI is InChI=1S/C18H20N8/c1-11-7-16-20-10-21-26(16)9-15(11)22-18-19-8-14-12(2)24-25(17(14)23-18)6-5-13-3-4-13/h7-10,13H,3-6H2,1-2H3,(H,19,22,23). The number of hydrogen-bond acceptors (Lipinski definition) is 6. The number of aromatic nitrogens is 7. The molecule has 0 spiro atoms. The van der Waals surface area contributed by atoms with Gasteiger partial charge in [0.2, 0.25) is 5.95 Å². The van der Waals surface area contributed by atoms with Crippen molar-refractivity contribution in [1.29, 1.82) is 0 Å². The summed E-state index contributed by atoms with van der Waals surface area (Å²) < 4.78 is 3.75. The Morgan fingerprint density at radius 1 is 1.23 bits per heavy atom. The van der Waals surface area contributed by atoms with Gasteiger partial charge < -0.3 is 5.32 Å². The van der Waals surface area contributed by atoms with Crippen molar-refractivity contribution < 1.29 is 0 Å². The lowest BCUT2D eigenvalue weighted by Gasteiger charge is -2.09. The number of anilines is 2. The minimum absolute atomic E-state index is 0.563. The smallest absolute Gasteiger partial charge is 0.229 e. The Kier molecular flexibility index (Phi) is 3.37. The number of nitrogens with zero attached hydrogens (tertiary/aromatic N) is 7. The SMILES string of the molecule is Cc1cc2ncnn2cc1Nc1ncc2c(C)nn(CCC3CC3)c2n1. The molecular formula is C18H20N8. The van der Waals surface area contributed by atoms with E-state index in [1.807, 2.05) is 37.0 Å². The maximum atomic E-state index is 4.73. The summed E-state index contributed by atoms with van der Waals surface area (Å²) in [7, 11) is 0. The summed E-state index contributed by atoms with van der Waals surface area (Å²) in [6.45, 7) is 4.95. The molecule has 8 heteroatoms. The lowest BCUT2D eigenvalue weighted by molar-refractivity contribution is 0.554. The van der Waals surface area contributed by atoms with E-state index in [1.54, 1.807) is 10.8 Å². The van der Waals surface area contributed by atoms with Crippen LogP contribution in [0.4, 0.5) is 11.6 Å². The van der Waals surface area contributed by atoms with E-state index in [2.05, 4.69) is 25.5 Å². The molecule has 0 radical (unpaired) electrons. The summed E-state index contributed by atoms with van der Waals surface area (Å²) in [6, 6.07) is 1.98. The molecular weight excluding hydrogens is 328 g/mol. The van der Waals surface area contributed by atoms with Crippen LogP contribution in [0.25, 0.3) is 16.7 Å². The zero-order valence-electron chi connectivity index (χ0n) is 14.8. The van der Waals surface area contributed by atoms with Gasteiger partial charge in [-0.25, -0.2) is 19.2 Å². The molecule has 0 saturated heterocycles. The van der Waals surface area contributed by atoms with E-state index in [9.17, 15) is 0 Å². The molecule has 4 aromatic rings. The number of aryl methyl sites for hydroxylation is 3. The molecule has 26 heavy (non-hydrogen) atoms. The molecule has 0 amide bonds. The van der Waals surface area contributed by atoms with Gasteiger partial charge in [0.25, 0.3) is 0 Å². The third kappa shape index (κ3) is 2.67. The highest BCUT2D eigenvalue weighted by Crippen LogP contribution is 2.33. The molecule has 0 aromatic carbocycles. The molecule has 0 bridgehead atoms. The van der Waals surface area contributed by atoms with Gasteiger partial charge in [0.15, 0.2) is 11.3 Å². The Morgan fingerprint density at radius 3 is 2.96 bits per heavy atom. The Labute approximate surface area is 150 Å². The second-order valence-corrected chi connectivity index (χ2v) is 7.03. The Hall–Kier alpha value is -3.03. The average molecular weight is 348 g/mol. The normalized spacial score (nSPS) is 14.4. The van der Waals surface area contributed by atoms with Crippen LogP contribution in [-0.2, 0) is 6.54 Å². The third-order valence-electron chi connectivity index (χ3n) is 4.99. The number of nitrogens with one attached hydrogen (secondary N) is 1. The van der Waals surface area contributed by atoms with Crippen molar-refractivity contribution in [3.63, 3.8) is 0 Å². The van der Waals surface area contributed by atoms with E-state index in [1.165, 1.54) is 19.3 Å². The summed E-state index contributed by atoms with van der Waals surface area (Å²) >= 11 is 0. The van der Waals surface area contributed by atoms with Gasteiger partial charge in [0.1, 0.15) is 6.33 Å². The van der Waals surface area contributed by atoms with Crippen LogP contribution in [0, 0.1) is 19.8 Å². The van der Waals surface area contributed by atoms with Crippen LogP contribution >= 0.6 is 0 Å². The van der Waals surface area contributed by atoms with E-state index in [0.717, 1.165) is 46.1 Å². The van der Waals surface area contributed by atoms with E-state index >= 15 is 0 Å². The molecule has 1 aliphatic rings. The van der Waals surface area contributed by atoms with Crippen molar-refractivity contribution in [3.05, 3.63) is 36.0 Å². The molecule has 4 aromatic heterocycles. The van der Waals surface area contributed by atoms with E-state index < -0.39 is 0 Å². The van der Waals surface area contributed by atoms with Crippen molar-refractivity contribution in [1.82, 2.24) is 34.3 Å². The van der Waals surface area contributed by atoms with Crippen LogP contribution < -0.4 is 5.32 Å². The van der Waals surface area contributed by atoms with Crippen LogP contribution in [0.2, 0.25) is 0 Å². The van der Waals surface area contributed by atoms with Gasteiger partial charge in [-0.15, -0.1) is 0 Å². The average Bonchev–Trinajstić information content (AvgIpc) is 3.27. The van der Waals surface area contributed by atoms with E-state index in [0.29, 0.717) is 5.95 Å². The van der Waals surface area contributed by atoms with Crippen molar-refractivity contribution in [3.8, 4) is 0 Å². The predicted molar refractivity (Wildman–Crippen MR) is 98.4 cm³/mol. The first-order chi connectivity index (χ1) is 12.7. The van der Waals surface area contributed by atoms with Crippen LogP contribution in [0.15, 0.2) is 24.8 Å². The Morgan fingerprint density at radius 2 is 2.12 bits per heavy atom. The molecule has 1 saturated carbocycles. The number of pyridine rings is 1. The van der Waals surface area contributed by atoms with Crippen molar-refractivity contribution in [2.75, 3.05) is 5.32 Å². The van der Waals surface area contributed by atoms with Crippen molar-refractivity contribution in [2.45, 2.75) is 39.7 Å². The largest absolute Gasteiger partial charge is 0.323 e. The zero-order chi connectivity index (χ0) is 17.7. The van der Waals surface area contributed by atoms with Gasteiger partial charge in [-0.3, -0.25) is 0 Å². The Balaban J connectivity index is 1.49.